The average molecular weight is 304 g/mol. The van der Waals surface area contributed by atoms with Crippen molar-refractivity contribution in [1.82, 2.24) is 5.32 Å². The van der Waals surface area contributed by atoms with Gasteiger partial charge in [0.1, 0.15) is 5.82 Å². The fraction of sp³-hybridized carbons (Fsp3) is 0.600. The van der Waals surface area contributed by atoms with Crippen molar-refractivity contribution in [3.8, 4) is 0 Å². The summed E-state index contributed by atoms with van der Waals surface area (Å²) in [5.41, 5.74) is -0.724. The molecule has 1 aliphatic heterocycles. The second-order valence-corrected chi connectivity index (χ2v) is 5.70. The van der Waals surface area contributed by atoms with E-state index in [9.17, 15) is 17.6 Å². The summed E-state index contributed by atoms with van der Waals surface area (Å²) in [6.07, 6.45) is -2.44. The Hall–Kier alpha value is -1.30. The number of hydrogen-bond donors (Lipinski definition) is 1. The summed E-state index contributed by atoms with van der Waals surface area (Å²) in [6.45, 7) is 5.35. The first-order valence-corrected chi connectivity index (χ1v) is 7.16. The third-order valence-electron chi connectivity index (χ3n) is 3.79. The van der Waals surface area contributed by atoms with Gasteiger partial charge in [-0.1, -0.05) is 0 Å². The van der Waals surface area contributed by atoms with Crippen molar-refractivity contribution in [3.05, 3.63) is 29.6 Å². The van der Waals surface area contributed by atoms with Crippen LogP contribution < -0.4 is 10.2 Å². The topological polar surface area (TPSA) is 15.3 Å². The molecule has 1 aromatic rings. The Bertz CT molecular complexity index is 479. The molecule has 0 aliphatic carbocycles. The zero-order valence-corrected chi connectivity index (χ0v) is 12.2. The maximum atomic E-state index is 14.1. The van der Waals surface area contributed by atoms with E-state index < -0.39 is 17.6 Å². The molecule has 0 spiro atoms. The van der Waals surface area contributed by atoms with E-state index in [2.05, 4.69) is 5.32 Å². The summed E-state index contributed by atoms with van der Waals surface area (Å²) in [6, 6.07) is 3.02. The lowest BCUT2D eigenvalue weighted by molar-refractivity contribution is -0.137. The van der Waals surface area contributed by atoms with Gasteiger partial charge in [0.2, 0.25) is 0 Å². The van der Waals surface area contributed by atoms with Crippen molar-refractivity contribution in [3.63, 3.8) is 0 Å². The van der Waals surface area contributed by atoms with Gasteiger partial charge in [-0.05, 0) is 51.4 Å². The quantitative estimate of drug-likeness (QED) is 0.851. The molecule has 0 amide bonds. The Labute approximate surface area is 122 Å². The minimum absolute atomic E-state index is 0.0126. The molecule has 0 bridgehead atoms. The molecule has 1 aromatic carbocycles. The van der Waals surface area contributed by atoms with Crippen molar-refractivity contribution >= 4 is 5.69 Å². The van der Waals surface area contributed by atoms with Gasteiger partial charge in [0.05, 0.1) is 11.3 Å². The first-order chi connectivity index (χ1) is 9.79. The third-order valence-corrected chi connectivity index (χ3v) is 3.79. The minimum atomic E-state index is -4.52. The monoisotopic (exact) mass is 304 g/mol. The summed E-state index contributed by atoms with van der Waals surface area (Å²) >= 11 is 0. The number of anilines is 1. The fourth-order valence-electron chi connectivity index (χ4n) is 2.65. The Balaban J connectivity index is 2.23. The number of nitrogens with one attached hydrogen (secondary N) is 1. The van der Waals surface area contributed by atoms with Gasteiger partial charge in [0, 0.05) is 18.6 Å². The van der Waals surface area contributed by atoms with Crippen LogP contribution in [0.2, 0.25) is 0 Å². The zero-order valence-electron chi connectivity index (χ0n) is 12.2. The first kappa shape index (κ1) is 16.1. The van der Waals surface area contributed by atoms with E-state index in [1.54, 1.807) is 0 Å². The Kier molecular flexibility index (Phi) is 4.76. The maximum Gasteiger partial charge on any atom is 0.416 e. The Morgan fingerprint density at radius 1 is 1.33 bits per heavy atom. The van der Waals surface area contributed by atoms with Gasteiger partial charge in [0.25, 0.3) is 0 Å². The SMILES string of the molecule is CC(C)N(CC1CCCN1)c1ccc(C(F)(F)F)cc1F. The Morgan fingerprint density at radius 3 is 2.52 bits per heavy atom. The number of hydrogen-bond acceptors (Lipinski definition) is 2. The smallest absolute Gasteiger partial charge is 0.365 e. The summed E-state index contributed by atoms with van der Waals surface area (Å²) in [5.74, 6) is -0.823. The average Bonchev–Trinajstić information content (AvgIpc) is 2.88. The van der Waals surface area contributed by atoms with Crippen LogP contribution >= 0.6 is 0 Å². The number of nitrogens with zero attached hydrogens (tertiary/aromatic N) is 1. The van der Waals surface area contributed by atoms with Crippen molar-refractivity contribution in [2.75, 3.05) is 18.0 Å². The molecular weight excluding hydrogens is 284 g/mol. The molecule has 1 aliphatic rings. The molecule has 2 nitrogen and oxygen atoms in total. The maximum absolute atomic E-state index is 14.1. The molecule has 6 heteroatoms. The van der Waals surface area contributed by atoms with Crippen LogP contribution in [0.25, 0.3) is 0 Å². The molecule has 1 N–H and O–H groups in total. The van der Waals surface area contributed by atoms with Crippen LogP contribution in [0.1, 0.15) is 32.3 Å². The molecule has 2 rings (SSSR count). The number of rotatable bonds is 4. The number of alkyl halides is 3. The van der Waals surface area contributed by atoms with Gasteiger partial charge < -0.3 is 10.2 Å². The van der Waals surface area contributed by atoms with Gasteiger partial charge in [-0.15, -0.1) is 0 Å². The second kappa shape index (κ2) is 6.22. The highest BCUT2D eigenvalue weighted by Crippen LogP contribution is 2.33. The Morgan fingerprint density at radius 2 is 2.05 bits per heavy atom. The molecule has 1 unspecified atom stereocenters. The van der Waals surface area contributed by atoms with Crippen LogP contribution in [0, 0.1) is 5.82 Å². The number of halogens is 4. The van der Waals surface area contributed by atoms with Crippen LogP contribution in [0.4, 0.5) is 23.2 Å². The molecule has 0 radical (unpaired) electrons. The van der Waals surface area contributed by atoms with Gasteiger partial charge in [0.15, 0.2) is 0 Å². The summed E-state index contributed by atoms with van der Waals surface area (Å²) < 4.78 is 51.9. The fourth-order valence-corrected chi connectivity index (χ4v) is 2.65. The number of benzene rings is 1. The molecule has 1 fully saturated rings. The van der Waals surface area contributed by atoms with Crippen molar-refractivity contribution in [1.29, 1.82) is 0 Å². The van der Waals surface area contributed by atoms with Gasteiger partial charge in [-0.2, -0.15) is 13.2 Å². The molecule has 0 saturated carbocycles. The van der Waals surface area contributed by atoms with Gasteiger partial charge in [-0.25, -0.2) is 4.39 Å². The molecule has 1 saturated heterocycles. The highest BCUT2D eigenvalue weighted by molar-refractivity contribution is 5.50. The van der Waals surface area contributed by atoms with E-state index in [-0.39, 0.29) is 17.8 Å². The van der Waals surface area contributed by atoms with Crippen LogP contribution in [0.5, 0.6) is 0 Å². The standard InChI is InChI=1S/C15H20F4N2/c1-10(2)21(9-12-4-3-7-20-12)14-6-5-11(8-13(14)16)15(17,18)19/h5-6,8,10,12,20H,3-4,7,9H2,1-2H3. The third kappa shape index (κ3) is 3.87. The van der Waals surface area contributed by atoms with Crippen LogP contribution in [-0.2, 0) is 6.18 Å². The predicted octanol–water partition coefficient (Wildman–Crippen LogP) is 3.81. The molecular formula is C15H20F4N2. The highest BCUT2D eigenvalue weighted by Gasteiger charge is 2.32. The van der Waals surface area contributed by atoms with E-state index in [1.165, 1.54) is 6.07 Å². The summed E-state index contributed by atoms with van der Waals surface area (Å²) in [4.78, 5) is 1.82. The van der Waals surface area contributed by atoms with E-state index in [0.717, 1.165) is 25.5 Å². The van der Waals surface area contributed by atoms with Crippen molar-refractivity contribution in [2.24, 2.45) is 0 Å². The second-order valence-electron chi connectivity index (χ2n) is 5.70. The van der Waals surface area contributed by atoms with E-state index in [1.807, 2.05) is 18.7 Å². The van der Waals surface area contributed by atoms with E-state index in [0.29, 0.717) is 12.6 Å². The molecule has 1 atom stereocenters. The lowest BCUT2D eigenvalue weighted by Gasteiger charge is -2.32. The summed E-state index contributed by atoms with van der Waals surface area (Å²) in [5, 5.41) is 3.32. The lowest BCUT2D eigenvalue weighted by atomic mass is 10.1. The summed E-state index contributed by atoms with van der Waals surface area (Å²) in [7, 11) is 0. The molecule has 21 heavy (non-hydrogen) atoms. The normalized spacial score (nSPS) is 19.3. The van der Waals surface area contributed by atoms with Crippen LogP contribution in [-0.4, -0.2) is 25.2 Å². The first-order valence-electron chi connectivity index (χ1n) is 7.16. The largest absolute Gasteiger partial charge is 0.416 e. The van der Waals surface area contributed by atoms with E-state index >= 15 is 0 Å². The van der Waals surface area contributed by atoms with Crippen LogP contribution in [0.15, 0.2) is 18.2 Å². The van der Waals surface area contributed by atoms with Crippen molar-refractivity contribution in [2.45, 2.75) is 44.9 Å². The lowest BCUT2D eigenvalue weighted by Crippen LogP contribution is -2.41. The van der Waals surface area contributed by atoms with E-state index in [4.69, 9.17) is 0 Å². The van der Waals surface area contributed by atoms with Gasteiger partial charge in [-0.3, -0.25) is 0 Å². The minimum Gasteiger partial charge on any atom is -0.365 e. The van der Waals surface area contributed by atoms with Gasteiger partial charge >= 0.3 is 6.18 Å². The van der Waals surface area contributed by atoms with Crippen LogP contribution in [0.3, 0.4) is 0 Å². The zero-order chi connectivity index (χ0) is 15.6. The molecule has 0 aromatic heterocycles. The predicted molar refractivity (Wildman–Crippen MR) is 74.9 cm³/mol. The molecule has 1 heterocycles. The van der Waals surface area contributed by atoms with Crippen molar-refractivity contribution < 1.29 is 17.6 Å². The molecule has 118 valence electrons. The highest BCUT2D eigenvalue weighted by atomic mass is 19.4.